The van der Waals surface area contributed by atoms with E-state index >= 15 is 0 Å². The smallest absolute Gasteiger partial charge is 0.249 e. The normalized spacial score (nSPS) is 10.8. The molecular formula is C28H24N6O2. The Hall–Kier alpha value is -4.98. The van der Waals surface area contributed by atoms with E-state index in [1.807, 2.05) is 77.5 Å². The van der Waals surface area contributed by atoms with Crippen molar-refractivity contribution < 1.29 is 9.59 Å². The second-order valence-electron chi connectivity index (χ2n) is 8.25. The van der Waals surface area contributed by atoms with Gasteiger partial charge in [0.15, 0.2) is 0 Å². The van der Waals surface area contributed by atoms with Crippen molar-refractivity contribution in [2.75, 3.05) is 5.32 Å². The third kappa shape index (κ3) is 4.78. The highest BCUT2D eigenvalue weighted by Gasteiger charge is 2.22. The van der Waals surface area contributed by atoms with Gasteiger partial charge in [0.05, 0.1) is 17.5 Å². The number of carbonyl (C=O) groups is 2. The van der Waals surface area contributed by atoms with Crippen LogP contribution in [0.2, 0.25) is 0 Å². The number of aromatic amines is 1. The fourth-order valence-corrected chi connectivity index (χ4v) is 4.14. The molecule has 5 rings (SSSR count). The van der Waals surface area contributed by atoms with Crippen LogP contribution in [0, 0.1) is 0 Å². The first-order chi connectivity index (χ1) is 17.6. The molecule has 0 spiro atoms. The summed E-state index contributed by atoms with van der Waals surface area (Å²) in [6, 6.07) is 24.4. The second-order valence-corrected chi connectivity index (χ2v) is 8.25. The standard InChI is InChI=1S/C28H24N6O2/c29-27(36)24-13-7-12-23(19-16-30-31-17-19)26(24)28-33-21(18-34(28)22-10-5-2-6-11-22)14-15-25(35)32-20-8-3-1-4-9-20/h1-13,16-18H,14-15H2,(H2,29,36)(H,30,31)(H,32,35). The van der Waals surface area contributed by atoms with Crippen LogP contribution in [0.15, 0.2) is 97.5 Å². The summed E-state index contributed by atoms with van der Waals surface area (Å²) in [6.07, 6.45) is 6.03. The number of benzene rings is 3. The largest absolute Gasteiger partial charge is 0.366 e. The molecule has 5 aromatic rings. The lowest BCUT2D eigenvalue weighted by Gasteiger charge is -2.14. The van der Waals surface area contributed by atoms with Gasteiger partial charge in [-0.1, -0.05) is 48.5 Å². The third-order valence-electron chi connectivity index (χ3n) is 5.82. The van der Waals surface area contributed by atoms with Gasteiger partial charge in [-0.25, -0.2) is 4.98 Å². The van der Waals surface area contributed by atoms with E-state index in [2.05, 4.69) is 15.5 Å². The van der Waals surface area contributed by atoms with Crippen LogP contribution in [0.4, 0.5) is 5.69 Å². The van der Waals surface area contributed by atoms with Gasteiger partial charge in [-0.2, -0.15) is 5.10 Å². The molecule has 0 fully saturated rings. The zero-order valence-electron chi connectivity index (χ0n) is 19.4. The van der Waals surface area contributed by atoms with Crippen molar-refractivity contribution >= 4 is 17.5 Å². The van der Waals surface area contributed by atoms with Crippen LogP contribution in [0.1, 0.15) is 22.5 Å². The molecular weight excluding hydrogens is 452 g/mol. The number of hydrogen-bond acceptors (Lipinski definition) is 4. The van der Waals surface area contributed by atoms with Crippen molar-refractivity contribution in [1.29, 1.82) is 0 Å². The van der Waals surface area contributed by atoms with Crippen LogP contribution in [0.25, 0.3) is 28.2 Å². The highest BCUT2D eigenvalue weighted by molar-refractivity contribution is 6.03. The molecule has 0 saturated heterocycles. The predicted molar refractivity (Wildman–Crippen MR) is 138 cm³/mol. The molecule has 178 valence electrons. The molecule has 3 aromatic carbocycles. The molecule has 0 aliphatic carbocycles. The van der Waals surface area contributed by atoms with E-state index < -0.39 is 5.91 Å². The van der Waals surface area contributed by atoms with Crippen molar-refractivity contribution in [3.63, 3.8) is 0 Å². The summed E-state index contributed by atoms with van der Waals surface area (Å²) < 4.78 is 1.93. The first kappa shape index (κ1) is 22.8. The zero-order chi connectivity index (χ0) is 24.9. The maximum Gasteiger partial charge on any atom is 0.249 e. The quantitative estimate of drug-likeness (QED) is 0.303. The second kappa shape index (κ2) is 10.1. The van der Waals surface area contributed by atoms with Gasteiger partial charge in [0, 0.05) is 41.3 Å². The lowest BCUT2D eigenvalue weighted by Crippen LogP contribution is -2.14. The molecule has 0 unspecified atom stereocenters. The first-order valence-electron chi connectivity index (χ1n) is 11.5. The van der Waals surface area contributed by atoms with Gasteiger partial charge in [-0.15, -0.1) is 0 Å². The summed E-state index contributed by atoms with van der Waals surface area (Å²) in [5, 5.41) is 9.79. The lowest BCUT2D eigenvalue weighted by atomic mass is 9.96. The Morgan fingerprint density at radius 2 is 1.69 bits per heavy atom. The highest BCUT2D eigenvalue weighted by Crippen LogP contribution is 2.35. The Balaban J connectivity index is 1.56. The summed E-state index contributed by atoms with van der Waals surface area (Å²) >= 11 is 0. The maximum absolute atomic E-state index is 12.6. The molecule has 2 heterocycles. The summed E-state index contributed by atoms with van der Waals surface area (Å²) in [5.74, 6) is -0.0966. The number of aryl methyl sites for hydroxylation is 1. The summed E-state index contributed by atoms with van der Waals surface area (Å²) in [6.45, 7) is 0. The van der Waals surface area contributed by atoms with Crippen molar-refractivity contribution in [2.24, 2.45) is 5.73 Å². The fourth-order valence-electron chi connectivity index (χ4n) is 4.14. The first-order valence-corrected chi connectivity index (χ1v) is 11.5. The summed E-state index contributed by atoms with van der Waals surface area (Å²) in [7, 11) is 0. The van der Waals surface area contributed by atoms with E-state index in [1.165, 1.54) is 0 Å². The molecule has 4 N–H and O–H groups in total. The number of imidazole rings is 1. The number of carbonyl (C=O) groups excluding carboxylic acids is 2. The molecule has 0 bridgehead atoms. The van der Waals surface area contributed by atoms with Crippen LogP contribution in [-0.2, 0) is 11.2 Å². The minimum absolute atomic E-state index is 0.103. The summed E-state index contributed by atoms with van der Waals surface area (Å²) in [5.41, 5.74) is 10.7. The molecule has 8 heteroatoms. The third-order valence-corrected chi connectivity index (χ3v) is 5.82. The fraction of sp³-hybridized carbons (Fsp3) is 0.0714. The molecule has 36 heavy (non-hydrogen) atoms. The number of nitrogens with zero attached hydrogens (tertiary/aromatic N) is 3. The van der Waals surface area contributed by atoms with Crippen LogP contribution in [-0.4, -0.2) is 31.6 Å². The van der Waals surface area contributed by atoms with Gasteiger partial charge in [0.2, 0.25) is 11.8 Å². The number of hydrogen-bond donors (Lipinski definition) is 3. The number of H-pyrrole nitrogens is 1. The van der Waals surface area contributed by atoms with Crippen LogP contribution < -0.4 is 11.1 Å². The van der Waals surface area contributed by atoms with Gasteiger partial charge in [0.1, 0.15) is 5.82 Å². The minimum Gasteiger partial charge on any atom is -0.366 e. The molecule has 0 aliphatic heterocycles. The number of primary amides is 1. The average molecular weight is 477 g/mol. The monoisotopic (exact) mass is 476 g/mol. The van der Waals surface area contributed by atoms with E-state index in [0.717, 1.165) is 28.2 Å². The average Bonchev–Trinajstić information content (AvgIpc) is 3.59. The van der Waals surface area contributed by atoms with E-state index in [4.69, 9.17) is 10.7 Å². The maximum atomic E-state index is 12.6. The van der Waals surface area contributed by atoms with Crippen molar-refractivity contribution in [3.05, 3.63) is 109 Å². The zero-order valence-corrected chi connectivity index (χ0v) is 19.4. The van der Waals surface area contributed by atoms with Gasteiger partial charge in [-0.3, -0.25) is 19.3 Å². The number of anilines is 1. The van der Waals surface area contributed by atoms with E-state index in [0.29, 0.717) is 23.4 Å². The minimum atomic E-state index is -0.554. The topological polar surface area (TPSA) is 119 Å². The SMILES string of the molecule is NC(=O)c1cccc(-c2cn[nH]c2)c1-c1nc(CCC(=O)Nc2ccccc2)cn1-c1ccccc1. The predicted octanol–water partition coefficient (Wildman–Crippen LogP) is 4.60. The number of amides is 2. The molecule has 0 atom stereocenters. The molecule has 2 aromatic heterocycles. The molecule has 8 nitrogen and oxygen atoms in total. The number of aromatic nitrogens is 4. The number of para-hydroxylation sites is 2. The van der Waals surface area contributed by atoms with Crippen LogP contribution >= 0.6 is 0 Å². The molecule has 2 amide bonds. The van der Waals surface area contributed by atoms with Crippen molar-refractivity contribution in [2.45, 2.75) is 12.8 Å². The Kier molecular flexibility index (Phi) is 6.40. The van der Waals surface area contributed by atoms with E-state index in [1.54, 1.807) is 24.5 Å². The van der Waals surface area contributed by atoms with E-state index in [-0.39, 0.29) is 12.3 Å². The van der Waals surface area contributed by atoms with Gasteiger partial charge in [-0.05, 0) is 42.3 Å². The van der Waals surface area contributed by atoms with Crippen molar-refractivity contribution in [3.8, 4) is 28.2 Å². The van der Waals surface area contributed by atoms with Gasteiger partial charge in [0.25, 0.3) is 0 Å². The lowest BCUT2D eigenvalue weighted by molar-refractivity contribution is -0.116. The van der Waals surface area contributed by atoms with Gasteiger partial charge < -0.3 is 11.1 Å². The summed E-state index contributed by atoms with van der Waals surface area (Å²) in [4.78, 5) is 29.9. The Morgan fingerprint density at radius 1 is 0.944 bits per heavy atom. The number of nitrogens with two attached hydrogens (primary N) is 1. The molecule has 0 aliphatic rings. The Labute approximate surface area is 207 Å². The molecule has 0 radical (unpaired) electrons. The van der Waals surface area contributed by atoms with Crippen LogP contribution in [0.3, 0.4) is 0 Å². The van der Waals surface area contributed by atoms with Gasteiger partial charge >= 0.3 is 0 Å². The Morgan fingerprint density at radius 3 is 2.39 bits per heavy atom. The molecule has 0 saturated carbocycles. The Bertz CT molecular complexity index is 1490. The highest BCUT2D eigenvalue weighted by atomic mass is 16.1. The van der Waals surface area contributed by atoms with E-state index in [9.17, 15) is 9.59 Å². The number of nitrogens with one attached hydrogen (secondary N) is 2. The van der Waals surface area contributed by atoms with Crippen LogP contribution in [0.5, 0.6) is 0 Å². The van der Waals surface area contributed by atoms with Crippen molar-refractivity contribution in [1.82, 2.24) is 19.7 Å². The number of rotatable bonds is 8.